The Labute approximate surface area is 105 Å². The second-order valence-corrected chi connectivity index (χ2v) is 3.90. The summed E-state index contributed by atoms with van der Waals surface area (Å²) in [6, 6.07) is 0. The van der Waals surface area contributed by atoms with Crippen LogP contribution in [0.1, 0.15) is 10.5 Å². The Morgan fingerprint density at radius 1 is 1.22 bits per heavy atom. The third-order valence-electron chi connectivity index (χ3n) is 2.30. The number of rotatable bonds is 4. The predicted molar refractivity (Wildman–Crippen MR) is 65.3 cm³/mol. The van der Waals surface area contributed by atoms with Gasteiger partial charge < -0.3 is 14.5 Å². The Morgan fingerprint density at radius 3 is 2.33 bits per heavy atom. The molecule has 1 aromatic heterocycles. The van der Waals surface area contributed by atoms with Gasteiger partial charge in [-0.05, 0) is 0 Å². The molecule has 1 amide bonds. The Kier molecular flexibility index (Phi) is 4.59. The molecule has 0 aliphatic carbocycles. The zero-order valence-corrected chi connectivity index (χ0v) is 10.9. The standard InChI is InChI=1S/C11H16N4O3/c1-14(2)10(16)7-15(3)9-6-12-8(5-13-9)11(17)18-4/h5-6H,7H2,1-4H3. The average molecular weight is 252 g/mol. The number of esters is 1. The first-order valence-electron chi connectivity index (χ1n) is 5.27. The van der Waals surface area contributed by atoms with Crippen molar-refractivity contribution in [3.63, 3.8) is 0 Å². The molecule has 18 heavy (non-hydrogen) atoms. The molecule has 1 rings (SSSR count). The molecule has 0 fully saturated rings. The number of nitrogens with zero attached hydrogens (tertiary/aromatic N) is 4. The lowest BCUT2D eigenvalue weighted by molar-refractivity contribution is -0.127. The van der Waals surface area contributed by atoms with E-state index in [9.17, 15) is 9.59 Å². The number of ether oxygens (including phenoxy) is 1. The summed E-state index contributed by atoms with van der Waals surface area (Å²) in [4.78, 5) is 33.8. The van der Waals surface area contributed by atoms with Crippen molar-refractivity contribution >= 4 is 17.7 Å². The van der Waals surface area contributed by atoms with Crippen LogP contribution in [0.3, 0.4) is 0 Å². The van der Waals surface area contributed by atoms with E-state index in [0.29, 0.717) is 5.82 Å². The molecule has 7 nitrogen and oxygen atoms in total. The minimum Gasteiger partial charge on any atom is -0.464 e. The fourth-order valence-electron chi connectivity index (χ4n) is 1.15. The van der Waals surface area contributed by atoms with Crippen LogP contribution in [-0.2, 0) is 9.53 Å². The van der Waals surface area contributed by atoms with Gasteiger partial charge >= 0.3 is 5.97 Å². The zero-order chi connectivity index (χ0) is 13.7. The van der Waals surface area contributed by atoms with Gasteiger partial charge in [0.2, 0.25) is 5.91 Å². The monoisotopic (exact) mass is 252 g/mol. The third kappa shape index (κ3) is 3.41. The van der Waals surface area contributed by atoms with E-state index in [2.05, 4.69) is 14.7 Å². The molecule has 1 aromatic rings. The van der Waals surface area contributed by atoms with Crippen molar-refractivity contribution in [2.45, 2.75) is 0 Å². The predicted octanol–water partition coefficient (Wildman–Crippen LogP) is -0.212. The van der Waals surface area contributed by atoms with E-state index >= 15 is 0 Å². The zero-order valence-electron chi connectivity index (χ0n) is 10.9. The fraction of sp³-hybridized carbons (Fsp3) is 0.455. The van der Waals surface area contributed by atoms with Gasteiger partial charge in [0.05, 0.1) is 26.0 Å². The highest BCUT2D eigenvalue weighted by molar-refractivity contribution is 5.86. The Bertz CT molecular complexity index is 430. The molecule has 0 aliphatic heterocycles. The van der Waals surface area contributed by atoms with E-state index in [1.54, 1.807) is 26.0 Å². The number of aromatic nitrogens is 2. The normalized spacial score (nSPS) is 9.78. The topological polar surface area (TPSA) is 75.6 Å². The molecule has 0 saturated heterocycles. The minimum absolute atomic E-state index is 0.0451. The van der Waals surface area contributed by atoms with E-state index in [1.165, 1.54) is 24.4 Å². The van der Waals surface area contributed by atoms with Gasteiger partial charge in [0, 0.05) is 21.1 Å². The molecular formula is C11H16N4O3. The molecule has 0 atom stereocenters. The Balaban J connectivity index is 2.73. The van der Waals surface area contributed by atoms with Crippen LogP contribution in [-0.4, -0.2) is 61.5 Å². The molecule has 0 saturated carbocycles. The van der Waals surface area contributed by atoms with Crippen LogP contribution in [0, 0.1) is 0 Å². The number of carbonyl (C=O) groups excluding carboxylic acids is 2. The van der Waals surface area contributed by atoms with Crippen LogP contribution in [0.4, 0.5) is 5.82 Å². The quantitative estimate of drug-likeness (QED) is 0.690. The SMILES string of the molecule is COC(=O)c1cnc(N(C)CC(=O)N(C)C)cn1. The number of likely N-dealkylation sites (N-methyl/N-ethyl adjacent to an activating group) is 2. The smallest absolute Gasteiger partial charge is 0.358 e. The van der Waals surface area contributed by atoms with E-state index in [4.69, 9.17) is 0 Å². The summed E-state index contributed by atoms with van der Waals surface area (Å²) in [6.07, 6.45) is 2.74. The highest BCUT2D eigenvalue weighted by Crippen LogP contribution is 2.07. The number of amides is 1. The number of hydrogen-bond donors (Lipinski definition) is 0. The number of methoxy groups -OCH3 is 1. The van der Waals surface area contributed by atoms with Crippen LogP contribution in [0.5, 0.6) is 0 Å². The van der Waals surface area contributed by atoms with Gasteiger partial charge in [0.15, 0.2) is 5.69 Å². The van der Waals surface area contributed by atoms with Gasteiger partial charge in [0.1, 0.15) is 5.82 Å². The second-order valence-electron chi connectivity index (χ2n) is 3.90. The molecule has 0 aromatic carbocycles. The average Bonchev–Trinajstić information content (AvgIpc) is 2.37. The van der Waals surface area contributed by atoms with Gasteiger partial charge in [-0.1, -0.05) is 0 Å². The van der Waals surface area contributed by atoms with E-state index in [-0.39, 0.29) is 18.1 Å². The lowest BCUT2D eigenvalue weighted by atomic mass is 10.4. The number of anilines is 1. The fourth-order valence-corrected chi connectivity index (χ4v) is 1.15. The molecule has 0 bridgehead atoms. The largest absolute Gasteiger partial charge is 0.464 e. The molecule has 0 spiro atoms. The summed E-state index contributed by atoms with van der Waals surface area (Å²) in [7, 11) is 6.37. The molecule has 0 radical (unpaired) electrons. The molecule has 7 heteroatoms. The highest BCUT2D eigenvalue weighted by Gasteiger charge is 2.12. The van der Waals surface area contributed by atoms with Crippen molar-refractivity contribution in [1.82, 2.24) is 14.9 Å². The van der Waals surface area contributed by atoms with Crippen molar-refractivity contribution in [2.24, 2.45) is 0 Å². The lowest BCUT2D eigenvalue weighted by Crippen LogP contribution is -2.34. The van der Waals surface area contributed by atoms with Crippen LogP contribution >= 0.6 is 0 Å². The summed E-state index contributed by atoms with van der Waals surface area (Å²) in [5.41, 5.74) is 0.133. The maximum Gasteiger partial charge on any atom is 0.358 e. The Morgan fingerprint density at radius 2 is 1.89 bits per heavy atom. The minimum atomic E-state index is -0.541. The van der Waals surface area contributed by atoms with Gasteiger partial charge in [-0.2, -0.15) is 0 Å². The first kappa shape index (κ1) is 13.9. The van der Waals surface area contributed by atoms with E-state index in [1.807, 2.05) is 0 Å². The first-order valence-corrected chi connectivity index (χ1v) is 5.27. The highest BCUT2D eigenvalue weighted by atomic mass is 16.5. The summed E-state index contributed by atoms with van der Waals surface area (Å²) >= 11 is 0. The molecule has 98 valence electrons. The molecule has 0 aliphatic rings. The van der Waals surface area contributed by atoms with Crippen molar-refractivity contribution in [3.05, 3.63) is 18.1 Å². The van der Waals surface area contributed by atoms with Gasteiger partial charge in [-0.25, -0.2) is 14.8 Å². The maximum atomic E-state index is 11.5. The lowest BCUT2D eigenvalue weighted by Gasteiger charge is -2.19. The number of carbonyl (C=O) groups is 2. The van der Waals surface area contributed by atoms with Gasteiger partial charge in [-0.15, -0.1) is 0 Å². The summed E-state index contributed by atoms with van der Waals surface area (Å²) in [5, 5.41) is 0. The van der Waals surface area contributed by atoms with Crippen molar-refractivity contribution in [2.75, 3.05) is 39.7 Å². The van der Waals surface area contributed by atoms with Crippen molar-refractivity contribution < 1.29 is 14.3 Å². The molecular weight excluding hydrogens is 236 g/mol. The van der Waals surface area contributed by atoms with Crippen LogP contribution in [0.15, 0.2) is 12.4 Å². The second kappa shape index (κ2) is 5.95. The van der Waals surface area contributed by atoms with Crippen LogP contribution < -0.4 is 4.90 Å². The molecule has 1 heterocycles. The van der Waals surface area contributed by atoms with Crippen LogP contribution in [0.2, 0.25) is 0 Å². The van der Waals surface area contributed by atoms with E-state index in [0.717, 1.165) is 0 Å². The van der Waals surface area contributed by atoms with Gasteiger partial charge in [0.25, 0.3) is 0 Å². The van der Waals surface area contributed by atoms with E-state index < -0.39 is 5.97 Å². The summed E-state index contributed by atoms with van der Waals surface area (Å²) in [5.74, 6) is -0.0738. The van der Waals surface area contributed by atoms with Gasteiger partial charge in [-0.3, -0.25) is 4.79 Å². The first-order chi connectivity index (χ1) is 8.45. The maximum absolute atomic E-state index is 11.5. The third-order valence-corrected chi connectivity index (χ3v) is 2.30. The van der Waals surface area contributed by atoms with Crippen LogP contribution in [0.25, 0.3) is 0 Å². The Hall–Kier alpha value is -2.18. The van der Waals surface area contributed by atoms with Crippen molar-refractivity contribution in [1.29, 1.82) is 0 Å². The molecule has 0 N–H and O–H groups in total. The number of hydrogen-bond acceptors (Lipinski definition) is 6. The van der Waals surface area contributed by atoms with Crippen molar-refractivity contribution in [3.8, 4) is 0 Å². The summed E-state index contributed by atoms with van der Waals surface area (Å²) in [6.45, 7) is 0.194. The molecule has 0 unspecified atom stereocenters. The summed E-state index contributed by atoms with van der Waals surface area (Å²) < 4.78 is 4.52.